The molecular weight excluding hydrogens is 483 g/mol. The van der Waals surface area contributed by atoms with Crippen molar-refractivity contribution in [3.8, 4) is 0 Å². The highest BCUT2D eigenvalue weighted by Crippen LogP contribution is 2.21. The van der Waals surface area contributed by atoms with Gasteiger partial charge < -0.3 is 15.5 Å². The third-order valence-corrected chi connectivity index (χ3v) is 6.24. The first kappa shape index (κ1) is 27.2. The van der Waals surface area contributed by atoms with E-state index in [9.17, 15) is 18.8 Å². The van der Waals surface area contributed by atoms with Crippen molar-refractivity contribution in [2.45, 2.75) is 33.1 Å². The van der Waals surface area contributed by atoms with Crippen molar-refractivity contribution in [1.29, 1.82) is 0 Å². The fourth-order valence-corrected chi connectivity index (χ4v) is 4.11. The van der Waals surface area contributed by atoms with E-state index in [2.05, 4.69) is 34.4 Å². The van der Waals surface area contributed by atoms with E-state index in [0.717, 1.165) is 32.1 Å². The Labute approximate surface area is 215 Å². The van der Waals surface area contributed by atoms with Crippen LogP contribution in [-0.2, 0) is 16.0 Å². The summed E-state index contributed by atoms with van der Waals surface area (Å²) < 4.78 is 13.2. The summed E-state index contributed by atoms with van der Waals surface area (Å²) >= 11 is 5.98. The van der Waals surface area contributed by atoms with Gasteiger partial charge in [-0.25, -0.2) is 4.39 Å². The predicted molar refractivity (Wildman–Crippen MR) is 140 cm³/mol. The molecule has 1 heterocycles. The zero-order valence-corrected chi connectivity index (χ0v) is 21.2. The zero-order chi connectivity index (χ0) is 26.1. The van der Waals surface area contributed by atoms with Gasteiger partial charge in [0.2, 0.25) is 0 Å². The number of hydrogen-bond acceptors (Lipinski definition) is 5. The Morgan fingerprint density at radius 2 is 1.78 bits per heavy atom. The van der Waals surface area contributed by atoms with E-state index < -0.39 is 11.7 Å². The van der Waals surface area contributed by atoms with Gasteiger partial charge in [-0.3, -0.25) is 19.4 Å². The minimum absolute atomic E-state index is 0.0691. The number of ketones is 1. The number of nitrogens with zero attached hydrogens (tertiary/aromatic N) is 2. The molecule has 7 nitrogen and oxygen atoms in total. The van der Waals surface area contributed by atoms with Crippen LogP contribution in [0.5, 0.6) is 0 Å². The van der Waals surface area contributed by atoms with Gasteiger partial charge in [0.05, 0.1) is 10.6 Å². The number of benzene rings is 2. The molecule has 0 radical (unpaired) electrons. The molecule has 190 valence electrons. The van der Waals surface area contributed by atoms with Gasteiger partial charge in [-0.2, -0.15) is 0 Å². The second-order valence-corrected chi connectivity index (χ2v) is 8.76. The molecule has 1 aliphatic rings. The van der Waals surface area contributed by atoms with Crippen LogP contribution in [0.2, 0.25) is 5.02 Å². The maximum absolute atomic E-state index is 13.2. The molecule has 0 saturated heterocycles. The second kappa shape index (κ2) is 13.1. The Morgan fingerprint density at radius 3 is 2.44 bits per heavy atom. The molecule has 9 heteroatoms. The third kappa shape index (κ3) is 7.32. The number of nitrogens with one attached hydrogen (secondary N) is 2. The molecule has 0 aliphatic carbocycles. The highest BCUT2D eigenvalue weighted by molar-refractivity contribution is 6.34. The summed E-state index contributed by atoms with van der Waals surface area (Å²) in [5.74, 6) is -1.50. The molecular formula is C27H30ClFN4O3. The number of Topliss-reactive ketones (excluding diaryl/α,β-unsaturated/α-hetero) is 1. The van der Waals surface area contributed by atoms with Gasteiger partial charge in [-0.05, 0) is 62.0 Å². The van der Waals surface area contributed by atoms with Crippen LogP contribution < -0.4 is 10.6 Å². The van der Waals surface area contributed by atoms with Gasteiger partial charge in [-0.1, -0.05) is 37.6 Å². The highest BCUT2D eigenvalue weighted by atomic mass is 35.5. The van der Waals surface area contributed by atoms with E-state index in [4.69, 9.17) is 11.6 Å². The van der Waals surface area contributed by atoms with Gasteiger partial charge in [0.1, 0.15) is 11.5 Å². The quantitative estimate of drug-likeness (QED) is 0.325. The third-order valence-electron chi connectivity index (χ3n) is 5.93. The first-order valence-electron chi connectivity index (χ1n) is 12.0. The Kier molecular flexibility index (Phi) is 9.90. The molecule has 0 spiro atoms. The van der Waals surface area contributed by atoms with Crippen LogP contribution in [0.3, 0.4) is 0 Å². The fraction of sp³-hybridized carbons (Fsp3) is 0.333. The summed E-state index contributed by atoms with van der Waals surface area (Å²) in [6.07, 6.45) is 2.72. The maximum atomic E-state index is 13.2. The lowest BCUT2D eigenvalue weighted by Crippen LogP contribution is -2.31. The number of aliphatic imine (C=N–C) groups is 1. The van der Waals surface area contributed by atoms with Crippen LogP contribution in [0.1, 0.15) is 42.6 Å². The smallest absolute Gasteiger partial charge is 0.270 e. The van der Waals surface area contributed by atoms with Crippen LogP contribution in [0.4, 0.5) is 10.1 Å². The molecule has 2 amide bonds. The Morgan fingerprint density at radius 1 is 1.06 bits per heavy atom. The van der Waals surface area contributed by atoms with Gasteiger partial charge >= 0.3 is 0 Å². The van der Waals surface area contributed by atoms with Crippen molar-refractivity contribution in [2.24, 2.45) is 4.99 Å². The van der Waals surface area contributed by atoms with Gasteiger partial charge in [-0.15, -0.1) is 0 Å². The van der Waals surface area contributed by atoms with Crippen molar-refractivity contribution in [3.63, 3.8) is 0 Å². The van der Waals surface area contributed by atoms with E-state index in [0.29, 0.717) is 23.4 Å². The summed E-state index contributed by atoms with van der Waals surface area (Å²) in [5.41, 5.74) is 1.93. The average molecular weight is 513 g/mol. The number of rotatable bonds is 12. The van der Waals surface area contributed by atoms with Gasteiger partial charge in [0.15, 0.2) is 5.78 Å². The molecule has 0 aromatic heterocycles. The second-order valence-electron chi connectivity index (χ2n) is 8.35. The van der Waals surface area contributed by atoms with Crippen LogP contribution in [0.15, 0.2) is 58.7 Å². The van der Waals surface area contributed by atoms with Crippen molar-refractivity contribution in [2.75, 3.05) is 31.5 Å². The van der Waals surface area contributed by atoms with Crippen molar-refractivity contribution >= 4 is 41.1 Å². The number of amides is 2. The van der Waals surface area contributed by atoms with E-state index >= 15 is 0 Å². The number of anilines is 1. The van der Waals surface area contributed by atoms with E-state index in [1.807, 2.05) is 0 Å². The van der Waals surface area contributed by atoms with E-state index in [1.54, 1.807) is 30.5 Å². The molecule has 0 fully saturated rings. The Balaban J connectivity index is 1.56. The lowest BCUT2D eigenvalue weighted by atomic mass is 10.0. The minimum Gasteiger partial charge on any atom is -0.351 e. The molecule has 3 rings (SSSR count). The van der Waals surface area contributed by atoms with Gasteiger partial charge in [0.25, 0.3) is 11.8 Å². The normalized spacial score (nSPS) is 12.8. The van der Waals surface area contributed by atoms with Crippen LogP contribution in [0.25, 0.3) is 0 Å². The Hall–Kier alpha value is -3.36. The SMILES string of the molecule is CCN(CC)CCCNC(=O)C1=C(C(=O)Nc2ccc(CC(=O)c3ccc(F)cc3Cl)cc2)CC=N1. The maximum Gasteiger partial charge on any atom is 0.270 e. The topological polar surface area (TPSA) is 90.9 Å². The zero-order valence-electron chi connectivity index (χ0n) is 20.4. The van der Waals surface area contributed by atoms with Crippen molar-refractivity contribution < 1.29 is 18.8 Å². The molecule has 0 bridgehead atoms. The van der Waals surface area contributed by atoms with Crippen LogP contribution in [0, 0.1) is 5.82 Å². The molecule has 2 aromatic carbocycles. The number of halogens is 2. The molecule has 2 aromatic rings. The fourth-order valence-electron chi connectivity index (χ4n) is 3.84. The number of hydrogen-bond donors (Lipinski definition) is 2. The summed E-state index contributed by atoms with van der Waals surface area (Å²) in [6, 6.07) is 10.5. The van der Waals surface area contributed by atoms with Crippen molar-refractivity contribution in [1.82, 2.24) is 10.2 Å². The minimum atomic E-state index is -0.504. The largest absolute Gasteiger partial charge is 0.351 e. The van der Waals surface area contributed by atoms with Crippen LogP contribution >= 0.6 is 11.6 Å². The van der Waals surface area contributed by atoms with Gasteiger partial charge in [0, 0.05) is 36.9 Å². The first-order chi connectivity index (χ1) is 17.3. The highest BCUT2D eigenvalue weighted by Gasteiger charge is 2.23. The monoisotopic (exact) mass is 512 g/mol. The summed E-state index contributed by atoms with van der Waals surface area (Å²) in [7, 11) is 0. The molecule has 0 saturated carbocycles. The summed E-state index contributed by atoms with van der Waals surface area (Å²) in [6.45, 7) is 7.52. The van der Waals surface area contributed by atoms with E-state index in [-0.39, 0.29) is 40.8 Å². The average Bonchev–Trinajstić information content (AvgIpc) is 3.35. The summed E-state index contributed by atoms with van der Waals surface area (Å²) in [4.78, 5) is 44.3. The van der Waals surface area contributed by atoms with Crippen molar-refractivity contribution in [3.05, 3.63) is 75.7 Å². The summed E-state index contributed by atoms with van der Waals surface area (Å²) in [5, 5.41) is 5.70. The van der Waals surface area contributed by atoms with E-state index in [1.165, 1.54) is 12.1 Å². The standard InChI is InChI=1S/C27H30ClFN4O3/c1-3-33(4-2)15-5-13-31-27(36)25-22(12-14-30-25)26(35)32-20-9-6-18(7-10-20)16-24(34)21-11-8-19(29)17-23(21)28/h6-11,14,17H,3-5,12-13,15-16H2,1-2H3,(H,31,36)(H,32,35). The lowest BCUT2D eigenvalue weighted by molar-refractivity contribution is -0.118. The molecule has 0 unspecified atom stereocenters. The molecule has 2 N–H and O–H groups in total. The molecule has 36 heavy (non-hydrogen) atoms. The Bertz CT molecular complexity index is 1170. The number of carbonyl (C=O) groups is 3. The van der Waals surface area contributed by atoms with Crippen LogP contribution in [-0.4, -0.2) is 54.9 Å². The first-order valence-corrected chi connectivity index (χ1v) is 12.3. The number of carbonyl (C=O) groups excluding carboxylic acids is 3. The lowest BCUT2D eigenvalue weighted by Gasteiger charge is -2.17. The molecule has 0 atom stereocenters. The molecule has 1 aliphatic heterocycles. The predicted octanol–water partition coefficient (Wildman–Crippen LogP) is 4.42.